The summed E-state index contributed by atoms with van der Waals surface area (Å²) >= 11 is 0. The lowest BCUT2D eigenvalue weighted by Gasteiger charge is -2.50. The minimum absolute atomic E-state index is 0.220. The summed E-state index contributed by atoms with van der Waals surface area (Å²) in [5, 5.41) is 20.5. The fraction of sp³-hybridized carbons (Fsp3) is 0.619. The average Bonchev–Trinajstić information content (AvgIpc) is 2.77. The number of phenols is 1. The normalized spacial score (nSPS) is 41.8. The van der Waals surface area contributed by atoms with Gasteiger partial charge in [0.15, 0.2) is 0 Å². The molecular formula is C21H28O2. The van der Waals surface area contributed by atoms with Crippen molar-refractivity contribution in [1.82, 2.24) is 0 Å². The van der Waals surface area contributed by atoms with Crippen LogP contribution in [0.2, 0.25) is 0 Å². The van der Waals surface area contributed by atoms with Crippen LogP contribution in [-0.4, -0.2) is 16.3 Å². The van der Waals surface area contributed by atoms with Crippen molar-refractivity contribution in [2.24, 2.45) is 23.2 Å². The molecule has 0 saturated heterocycles. The maximum atomic E-state index is 10.7. The fourth-order valence-corrected chi connectivity index (χ4v) is 6.31. The predicted octanol–water partition coefficient (Wildman–Crippen LogP) is 4.41. The molecule has 0 radical (unpaired) electrons. The molecule has 0 aromatic heterocycles. The van der Waals surface area contributed by atoms with Crippen molar-refractivity contribution in [2.75, 3.05) is 0 Å². The van der Waals surface area contributed by atoms with Crippen molar-refractivity contribution < 1.29 is 10.2 Å². The first-order valence-electron chi connectivity index (χ1n) is 9.06. The van der Waals surface area contributed by atoms with E-state index >= 15 is 0 Å². The Hall–Kier alpha value is -1.28. The Kier molecular flexibility index (Phi) is 3.39. The predicted molar refractivity (Wildman–Crippen MR) is 92.4 cm³/mol. The molecule has 1 aromatic rings. The van der Waals surface area contributed by atoms with Crippen molar-refractivity contribution in [3.05, 3.63) is 41.5 Å². The van der Waals surface area contributed by atoms with E-state index in [9.17, 15) is 10.2 Å². The van der Waals surface area contributed by atoms with Gasteiger partial charge in [0.2, 0.25) is 0 Å². The molecule has 2 N–H and O–H groups in total. The van der Waals surface area contributed by atoms with Crippen LogP contribution < -0.4 is 0 Å². The highest BCUT2D eigenvalue weighted by atomic mass is 16.3. The molecule has 0 aliphatic heterocycles. The number of hydrogen-bond acceptors (Lipinski definition) is 2. The number of hydrogen-bond donors (Lipinski definition) is 2. The molecule has 2 fully saturated rings. The van der Waals surface area contributed by atoms with Gasteiger partial charge in [-0.15, -0.1) is 0 Å². The highest BCUT2D eigenvalue weighted by molar-refractivity contribution is 5.40. The van der Waals surface area contributed by atoms with E-state index in [2.05, 4.69) is 26.5 Å². The lowest BCUT2D eigenvalue weighted by molar-refractivity contribution is 0.0403. The second kappa shape index (κ2) is 5.11. The van der Waals surface area contributed by atoms with Gasteiger partial charge in [0.25, 0.3) is 0 Å². The van der Waals surface area contributed by atoms with Crippen molar-refractivity contribution >= 4 is 0 Å². The molecule has 2 heteroatoms. The molecular weight excluding hydrogens is 284 g/mol. The van der Waals surface area contributed by atoms with E-state index in [-0.39, 0.29) is 17.4 Å². The van der Waals surface area contributed by atoms with Crippen molar-refractivity contribution in [3.63, 3.8) is 0 Å². The van der Waals surface area contributed by atoms with E-state index < -0.39 is 0 Å². The van der Waals surface area contributed by atoms with Gasteiger partial charge < -0.3 is 10.2 Å². The number of phenolic OH excluding ortho intramolecular Hbond substituents is 1. The largest absolute Gasteiger partial charge is 0.508 e. The highest BCUT2D eigenvalue weighted by Crippen LogP contribution is 2.63. The van der Waals surface area contributed by atoms with Crippen LogP contribution in [0.3, 0.4) is 0 Å². The van der Waals surface area contributed by atoms with E-state index in [1.165, 1.54) is 30.4 Å². The van der Waals surface area contributed by atoms with Gasteiger partial charge in [0.05, 0.1) is 6.10 Å². The van der Waals surface area contributed by atoms with Crippen LogP contribution in [0.25, 0.3) is 0 Å². The topological polar surface area (TPSA) is 40.5 Å². The summed E-state index contributed by atoms with van der Waals surface area (Å²) in [6.45, 7) is 8.70. The number of benzene rings is 1. The number of rotatable bonds is 1. The van der Waals surface area contributed by atoms with Crippen LogP contribution in [-0.2, 0) is 6.42 Å². The minimum Gasteiger partial charge on any atom is -0.508 e. The number of aryl methyl sites for hydroxylation is 1. The quantitative estimate of drug-likeness (QED) is 0.754. The molecule has 23 heavy (non-hydrogen) atoms. The van der Waals surface area contributed by atoms with Crippen LogP contribution in [0.4, 0.5) is 0 Å². The average molecular weight is 312 g/mol. The zero-order valence-electron chi connectivity index (χ0n) is 14.3. The number of aliphatic hydroxyl groups is 1. The van der Waals surface area contributed by atoms with Gasteiger partial charge >= 0.3 is 0 Å². The fourth-order valence-electron chi connectivity index (χ4n) is 6.31. The Balaban J connectivity index is 1.75. The molecule has 124 valence electrons. The standard InChI is InChI=1S/C21H28O2/c1-12(2)19-18(23)11-21(3)9-8-16-15-7-5-14(22)10-13(15)4-6-17(16)20(19)21/h5,7,10,16-20,22-23H,1,4,6,8-9,11H2,2-3H3/t16-,17-,18+,19+,20-,21-/m1/s1. The van der Waals surface area contributed by atoms with Gasteiger partial charge in [-0.05, 0) is 85.5 Å². The summed E-state index contributed by atoms with van der Waals surface area (Å²) in [6, 6.07) is 5.94. The lowest BCUT2D eigenvalue weighted by Crippen LogP contribution is -2.42. The van der Waals surface area contributed by atoms with Gasteiger partial charge in [-0.1, -0.05) is 25.1 Å². The third-order valence-electron chi connectivity index (χ3n) is 7.13. The lowest BCUT2D eigenvalue weighted by atomic mass is 9.54. The summed E-state index contributed by atoms with van der Waals surface area (Å²) < 4.78 is 0. The number of aliphatic hydroxyl groups excluding tert-OH is 1. The van der Waals surface area contributed by atoms with Gasteiger partial charge in [-0.3, -0.25) is 0 Å². The van der Waals surface area contributed by atoms with Crippen LogP contribution in [0, 0.1) is 23.2 Å². The summed E-state index contributed by atoms with van der Waals surface area (Å²) in [5.41, 5.74) is 4.20. The SMILES string of the molecule is C=C(C)[C@@H]1[C@H]2[C@@H]3CCc4cc(O)ccc4[C@H]3CC[C@]2(C)C[C@@H]1O. The molecule has 0 spiro atoms. The number of aromatic hydroxyl groups is 1. The van der Waals surface area contributed by atoms with Crippen molar-refractivity contribution in [1.29, 1.82) is 0 Å². The summed E-state index contributed by atoms with van der Waals surface area (Å²) in [4.78, 5) is 0. The minimum atomic E-state index is -0.220. The zero-order valence-corrected chi connectivity index (χ0v) is 14.3. The van der Waals surface area contributed by atoms with Gasteiger partial charge in [-0.2, -0.15) is 0 Å². The molecule has 4 rings (SSSR count). The van der Waals surface area contributed by atoms with Gasteiger partial charge in [0.1, 0.15) is 5.75 Å². The maximum Gasteiger partial charge on any atom is 0.115 e. The van der Waals surface area contributed by atoms with E-state index in [1.54, 1.807) is 0 Å². The molecule has 6 atom stereocenters. The van der Waals surface area contributed by atoms with Crippen LogP contribution in [0.1, 0.15) is 56.6 Å². The summed E-state index contributed by atoms with van der Waals surface area (Å²) in [5.74, 6) is 2.43. The Bertz CT molecular complexity index is 649. The van der Waals surface area contributed by atoms with Crippen LogP contribution in [0.15, 0.2) is 30.4 Å². The number of fused-ring (bicyclic) bond motifs is 5. The first-order valence-corrected chi connectivity index (χ1v) is 9.06. The Morgan fingerprint density at radius 3 is 2.83 bits per heavy atom. The molecule has 0 unspecified atom stereocenters. The Morgan fingerprint density at radius 2 is 2.09 bits per heavy atom. The zero-order chi connectivity index (χ0) is 16.4. The molecule has 2 saturated carbocycles. The van der Waals surface area contributed by atoms with Crippen LogP contribution >= 0.6 is 0 Å². The smallest absolute Gasteiger partial charge is 0.115 e. The van der Waals surface area contributed by atoms with Gasteiger partial charge in [-0.25, -0.2) is 0 Å². The van der Waals surface area contributed by atoms with E-state index in [4.69, 9.17) is 0 Å². The van der Waals surface area contributed by atoms with Crippen molar-refractivity contribution in [3.8, 4) is 5.75 Å². The Morgan fingerprint density at radius 1 is 1.30 bits per heavy atom. The van der Waals surface area contributed by atoms with E-state index in [0.717, 1.165) is 18.4 Å². The maximum absolute atomic E-state index is 10.7. The summed E-state index contributed by atoms with van der Waals surface area (Å²) in [7, 11) is 0. The molecule has 0 heterocycles. The second-order valence-corrected chi connectivity index (χ2v) is 8.55. The molecule has 3 aliphatic carbocycles. The monoisotopic (exact) mass is 312 g/mol. The molecule has 0 amide bonds. The van der Waals surface area contributed by atoms with Crippen LogP contribution in [0.5, 0.6) is 5.75 Å². The molecule has 1 aromatic carbocycles. The molecule has 2 nitrogen and oxygen atoms in total. The first-order chi connectivity index (χ1) is 10.9. The third kappa shape index (κ3) is 2.18. The molecule has 0 bridgehead atoms. The van der Waals surface area contributed by atoms with E-state index in [1.807, 2.05) is 12.1 Å². The van der Waals surface area contributed by atoms with E-state index in [0.29, 0.717) is 23.5 Å². The second-order valence-electron chi connectivity index (χ2n) is 8.55. The first kappa shape index (κ1) is 15.3. The Labute approximate surface area is 139 Å². The van der Waals surface area contributed by atoms with Crippen molar-refractivity contribution in [2.45, 2.75) is 58.0 Å². The third-order valence-corrected chi connectivity index (χ3v) is 7.13. The highest BCUT2D eigenvalue weighted by Gasteiger charge is 2.57. The molecule has 3 aliphatic rings. The van der Waals surface area contributed by atoms with Gasteiger partial charge in [0, 0.05) is 5.92 Å². The summed E-state index contributed by atoms with van der Waals surface area (Å²) in [6.07, 6.45) is 5.35.